The van der Waals surface area contributed by atoms with Gasteiger partial charge in [0.05, 0.1) is 19.7 Å². The number of nitrogens with zero attached hydrogens (tertiary/aromatic N) is 1. The van der Waals surface area contributed by atoms with Crippen LogP contribution in [-0.4, -0.2) is 36.4 Å². The molecular formula is C24H24N2O5. The molecule has 7 heteroatoms. The first kappa shape index (κ1) is 20.7. The van der Waals surface area contributed by atoms with Crippen LogP contribution in [0.15, 0.2) is 42.5 Å². The number of anilines is 1. The Kier molecular flexibility index (Phi) is 5.50. The fourth-order valence-electron chi connectivity index (χ4n) is 4.16. The maximum absolute atomic E-state index is 13.5. The predicted molar refractivity (Wildman–Crippen MR) is 117 cm³/mol. The lowest BCUT2D eigenvalue weighted by atomic mass is 10.1. The Morgan fingerprint density at radius 1 is 1.06 bits per heavy atom. The standard InChI is InChI=1S/C24H24N2O5/c1-14-11-16-12-17(25-23(28)15-7-9-18(27)13-15)8-10-19(16)26(14)24(29)22-20(30-2)5-4-6-21(22)31-3/h4-6,8,10-12,15H,7,9,13H2,1-3H3,(H,25,28). The summed E-state index contributed by atoms with van der Waals surface area (Å²) in [4.78, 5) is 37.4. The molecule has 1 N–H and O–H groups in total. The van der Waals surface area contributed by atoms with E-state index in [-0.39, 0.29) is 23.5 Å². The number of ketones is 1. The number of hydrogen-bond acceptors (Lipinski definition) is 5. The highest BCUT2D eigenvalue weighted by atomic mass is 16.5. The van der Waals surface area contributed by atoms with Crippen molar-refractivity contribution in [2.45, 2.75) is 26.2 Å². The molecule has 1 unspecified atom stereocenters. The molecule has 1 atom stereocenters. The van der Waals surface area contributed by atoms with Gasteiger partial charge in [-0.25, -0.2) is 0 Å². The van der Waals surface area contributed by atoms with Gasteiger partial charge in [0.25, 0.3) is 5.91 Å². The number of hydrogen-bond donors (Lipinski definition) is 1. The van der Waals surface area contributed by atoms with Crippen LogP contribution in [0.5, 0.6) is 11.5 Å². The second-order valence-electron chi connectivity index (χ2n) is 7.71. The Hall–Kier alpha value is -3.61. The molecule has 31 heavy (non-hydrogen) atoms. The molecule has 7 nitrogen and oxygen atoms in total. The smallest absolute Gasteiger partial charge is 0.270 e. The highest BCUT2D eigenvalue weighted by Gasteiger charge is 2.28. The normalized spacial score (nSPS) is 15.8. The number of benzene rings is 2. The second-order valence-corrected chi connectivity index (χ2v) is 7.71. The van der Waals surface area contributed by atoms with Crippen molar-refractivity contribution in [3.8, 4) is 11.5 Å². The van der Waals surface area contributed by atoms with Gasteiger partial charge in [-0.2, -0.15) is 0 Å². The molecule has 2 aromatic carbocycles. The number of aromatic nitrogens is 1. The molecule has 0 spiro atoms. The fraction of sp³-hybridized carbons (Fsp3) is 0.292. The monoisotopic (exact) mass is 420 g/mol. The van der Waals surface area contributed by atoms with Crippen LogP contribution in [0.25, 0.3) is 10.9 Å². The Balaban J connectivity index is 1.68. The third-order valence-electron chi connectivity index (χ3n) is 5.71. The van der Waals surface area contributed by atoms with E-state index in [0.29, 0.717) is 47.5 Å². The highest BCUT2D eigenvalue weighted by molar-refractivity contribution is 6.07. The summed E-state index contributed by atoms with van der Waals surface area (Å²) in [5.74, 6) is 0.322. The Labute approximate surface area is 179 Å². The van der Waals surface area contributed by atoms with Crippen LogP contribution in [0.4, 0.5) is 5.69 Å². The summed E-state index contributed by atoms with van der Waals surface area (Å²) in [7, 11) is 3.03. The first-order valence-corrected chi connectivity index (χ1v) is 10.1. The van der Waals surface area contributed by atoms with Crippen molar-refractivity contribution < 1.29 is 23.9 Å². The molecule has 160 valence electrons. The summed E-state index contributed by atoms with van der Waals surface area (Å²) in [6, 6.07) is 12.5. The topological polar surface area (TPSA) is 86.6 Å². The minimum atomic E-state index is -0.269. The van der Waals surface area contributed by atoms with Gasteiger partial charge in [-0.15, -0.1) is 0 Å². The summed E-state index contributed by atoms with van der Waals surface area (Å²) < 4.78 is 12.4. The minimum Gasteiger partial charge on any atom is -0.496 e. The molecule has 4 rings (SSSR count). The molecule has 0 aliphatic heterocycles. The van der Waals surface area contributed by atoms with E-state index >= 15 is 0 Å². The SMILES string of the molecule is COc1cccc(OC)c1C(=O)n1c(C)cc2cc(NC(=O)C3CCC(=O)C3)ccc21. The molecule has 3 aromatic rings. The number of carbonyl (C=O) groups excluding carboxylic acids is 3. The van der Waals surface area contributed by atoms with Gasteiger partial charge in [-0.1, -0.05) is 6.07 Å². The van der Waals surface area contributed by atoms with Gasteiger partial charge in [-0.05, 0) is 49.7 Å². The molecular weight excluding hydrogens is 396 g/mol. The minimum absolute atomic E-state index is 0.133. The second kappa shape index (κ2) is 8.26. The Bertz CT molecular complexity index is 1170. The van der Waals surface area contributed by atoms with E-state index in [9.17, 15) is 14.4 Å². The molecule has 1 amide bonds. The molecule has 0 bridgehead atoms. The number of fused-ring (bicyclic) bond motifs is 1. The van der Waals surface area contributed by atoms with Crippen molar-refractivity contribution in [2.24, 2.45) is 5.92 Å². The molecule has 0 saturated heterocycles. The van der Waals surface area contributed by atoms with E-state index in [2.05, 4.69) is 5.32 Å². The molecule has 1 saturated carbocycles. The number of nitrogens with one attached hydrogen (secondary N) is 1. The predicted octanol–water partition coefficient (Wildman–Crippen LogP) is 3.96. The molecule has 1 fully saturated rings. The average molecular weight is 420 g/mol. The van der Waals surface area contributed by atoms with Gasteiger partial charge in [0.15, 0.2) is 0 Å². The van der Waals surface area contributed by atoms with Gasteiger partial charge in [0.1, 0.15) is 22.8 Å². The third-order valence-corrected chi connectivity index (χ3v) is 5.71. The van der Waals surface area contributed by atoms with Crippen LogP contribution in [0, 0.1) is 12.8 Å². The molecule has 1 aromatic heterocycles. The summed E-state index contributed by atoms with van der Waals surface area (Å²) in [5.41, 5.74) is 2.44. The molecule has 0 radical (unpaired) electrons. The quantitative estimate of drug-likeness (QED) is 0.675. The number of carbonyl (C=O) groups is 3. The maximum Gasteiger partial charge on any atom is 0.270 e. The average Bonchev–Trinajstić information content (AvgIpc) is 3.34. The first-order valence-electron chi connectivity index (χ1n) is 10.1. The van der Waals surface area contributed by atoms with Gasteiger partial charge < -0.3 is 14.8 Å². The van der Waals surface area contributed by atoms with Crippen molar-refractivity contribution in [3.63, 3.8) is 0 Å². The summed E-state index contributed by atoms with van der Waals surface area (Å²) in [6.45, 7) is 1.85. The van der Waals surface area contributed by atoms with Crippen molar-refractivity contribution in [3.05, 3.63) is 53.7 Å². The molecule has 1 heterocycles. The van der Waals surface area contributed by atoms with E-state index in [1.165, 1.54) is 14.2 Å². The van der Waals surface area contributed by atoms with E-state index in [1.54, 1.807) is 34.9 Å². The zero-order valence-corrected chi connectivity index (χ0v) is 17.7. The van der Waals surface area contributed by atoms with Crippen LogP contribution in [-0.2, 0) is 9.59 Å². The van der Waals surface area contributed by atoms with Crippen LogP contribution in [0.1, 0.15) is 35.3 Å². The van der Waals surface area contributed by atoms with Crippen LogP contribution < -0.4 is 14.8 Å². The lowest BCUT2D eigenvalue weighted by Crippen LogP contribution is -2.20. The van der Waals surface area contributed by atoms with Crippen molar-refractivity contribution in [1.82, 2.24) is 4.57 Å². The Morgan fingerprint density at radius 3 is 2.39 bits per heavy atom. The maximum atomic E-state index is 13.5. The molecule has 1 aliphatic carbocycles. The summed E-state index contributed by atoms with van der Waals surface area (Å²) >= 11 is 0. The number of ether oxygens (including phenoxy) is 2. The third kappa shape index (κ3) is 3.79. The number of methoxy groups -OCH3 is 2. The zero-order chi connectivity index (χ0) is 22.1. The van der Waals surface area contributed by atoms with E-state index in [4.69, 9.17) is 9.47 Å². The van der Waals surface area contributed by atoms with Crippen LogP contribution in [0.3, 0.4) is 0 Å². The number of amides is 1. The van der Waals surface area contributed by atoms with Gasteiger partial charge in [-0.3, -0.25) is 19.0 Å². The highest BCUT2D eigenvalue weighted by Crippen LogP contribution is 2.32. The number of Topliss-reactive ketones (excluding diaryl/α,β-unsaturated/α-hetero) is 1. The van der Waals surface area contributed by atoms with Gasteiger partial charge >= 0.3 is 0 Å². The van der Waals surface area contributed by atoms with Gasteiger partial charge in [0, 0.05) is 35.5 Å². The van der Waals surface area contributed by atoms with Crippen molar-refractivity contribution in [2.75, 3.05) is 19.5 Å². The van der Waals surface area contributed by atoms with Gasteiger partial charge in [0.2, 0.25) is 5.91 Å². The first-order chi connectivity index (χ1) is 14.9. The van der Waals surface area contributed by atoms with E-state index in [1.807, 2.05) is 19.1 Å². The lowest BCUT2D eigenvalue weighted by molar-refractivity contribution is -0.122. The van der Waals surface area contributed by atoms with E-state index in [0.717, 1.165) is 11.1 Å². The largest absolute Gasteiger partial charge is 0.496 e. The fourth-order valence-corrected chi connectivity index (χ4v) is 4.16. The Morgan fingerprint density at radius 2 is 1.77 bits per heavy atom. The van der Waals surface area contributed by atoms with E-state index < -0.39 is 0 Å². The van der Waals surface area contributed by atoms with Crippen molar-refractivity contribution >= 4 is 34.2 Å². The van der Waals surface area contributed by atoms with Crippen molar-refractivity contribution in [1.29, 1.82) is 0 Å². The molecule has 1 aliphatic rings. The summed E-state index contributed by atoms with van der Waals surface area (Å²) in [5, 5.41) is 3.72. The number of aryl methyl sites for hydroxylation is 1. The summed E-state index contributed by atoms with van der Waals surface area (Å²) in [6.07, 6.45) is 1.37. The lowest BCUT2D eigenvalue weighted by Gasteiger charge is -2.14. The van der Waals surface area contributed by atoms with Crippen LogP contribution in [0.2, 0.25) is 0 Å². The van der Waals surface area contributed by atoms with Crippen LogP contribution >= 0.6 is 0 Å². The number of rotatable bonds is 5. The zero-order valence-electron chi connectivity index (χ0n) is 17.7.